The number of hydrogen-bond acceptors (Lipinski definition) is 3. The summed E-state index contributed by atoms with van der Waals surface area (Å²) in [6.45, 7) is 3.44. The van der Waals surface area contributed by atoms with Gasteiger partial charge in [0.05, 0.1) is 6.61 Å². The molecule has 4 heteroatoms. The highest BCUT2D eigenvalue weighted by Crippen LogP contribution is 2.16. The second-order valence-electron chi connectivity index (χ2n) is 3.29. The lowest BCUT2D eigenvalue weighted by atomic mass is 10.4. The standard InChI is InChI=1S/C10H19O2S2/c1-2-12-5-6-13-10(11)9-14-7-3-4-8-14/h2-9H2,1H3/q+1. The van der Waals surface area contributed by atoms with Crippen molar-refractivity contribution in [3.05, 3.63) is 0 Å². The van der Waals surface area contributed by atoms with Crippen molar-refractivity contribution in [2.75, 3.05) is 36.2 Å². The lowest BCUT2D eigenvalue weighted by molar-refractivity contribution is -0.108. The number of carbonyl (C=O) groups excluding carboxylic acids is 1. The highest BCUT2D eigenvalue weighted by atomic mass is 32.2. The Morgan fingerprint density at radius 3 is 2.79 bits per heavy atom. The van der Waals surface area contributed by atoms with E-state index in [4.69, 9.17) is 4.74 Å². The summed E-state index contributed by atoms with van der Waals surface area (Å²) in [5, 5.41) is 0.370. The van der Waals surface area contributed by atoms with Gasteiger partial charge in [0.2, 0.25) is 5.12 Å². The van der Waals surface area contributed by atoms with E-state index in [1.807, 2.05) is 6.92 Å². The summed E-state index contributed by atoms with van der Waals surface area (Å²) in [5.74, 6) is 4.22. The number of ether oxygens (including phenoxy) is 1. The summed E-state index contributed by atoms with van der Waals surface area (Å²) in [5.41, 5.74) is 0. The van der Waals surface area contributed by atoms with E-state index in [1.165, 1.54) is 36.1 Å². The van der Waals surface area contributed by atoms with Crippen molar-refractivity contribution in [3.63, 3.8) is 0 Å². The molecule has 0 unspecified atom stereocenters. The van der Waals surface area contributed by atoms with E-state index in [0.29, 0.717) is 22.6 Å². The van der Waals surface area contributed by atoms with Gasteiger partial charge in [0.25, 0.3) is 0 Å². The van der Waals surface area contributed by atoms with Crippen LogP contribution in [0.15, 0.2) is 0 Å². The molecule has 0 amide bonds. The average Bonchev–Trinajstić information content (AvgIpc) is 2.65. The molecule has 1 aliphatic heterocycles. The van der Waals surface area contributed by atoms with Gasteiger partial charge in [0.1, 0.15) is 11.5 Å². The Kier molecular flexibility index (Phi) is 6.73. The van der Waals surface area contributed by atoms with Gasteiger partial charge in [-0.15, -0.1) is 0 Å². The summed E-state index contributed by atoms with van der Waals surface area (Å²) in [7, 11) is 0.424. The van der Waals surface area contributed by atoms with E-state index in [-0.39, 0.29) is 0 Å². The van der Waals surface area contributed by atoms with Crippen LogP contribution >= 0.6 is 11.8 Å². The molecule has 0 aromatic carbocycles. The zero-order valence-corrected chi connectivity index (χ0v) is 10.4. The van der Waals surface area contributed by atoms with Crippen LogP contribution in [0.25, 0.3) is 0 Å². The Morgan fingerprint density at radius 1 is 1.43 bits per heavy atom. The minimum Gasteiger partial charge on any atom is -0.381 e. The number of hydrogen-bond donors (Lipinski definition) is 0. The third-order valence-electron chi connectivity index (χ3n) is 2.13. The molecule has 0 atom stereocenters. The number of carbonyl (C=O) groups is 1. The van der Waals surface area contributed by atoms with Crippen LogP contribution in [-0.2, 0) is 20.4 Å². The Balaban J connectivity index is 1.98. The van der Waals surface area contributed by atoms with Crippen molar-refractivity contribution in [2.24, 2.45) is 0 Å². The first-order chi connectivity index (χ1) is 6.83. The first-order valence-electron chi connectivity index (χ1n) is 5.20. The molecule has 14 heavy (non-hydrogen) atoms. The fourth-order valence-electron chi connectivity index (χ4n) is 1.43. The molecule has 0 aromatic rings. The van der Waals surface area contributed by atoms with Gasteiger partial charge in [-0.2, -0.15) is 0 Å². The molecular formula is C10H19O2S2+. The molecule has 0 N–H and O–H groups in total. The van der Waals surface area contributed by atoms with Gasteiger partial charge < -0.3 is 4.74 Å². The molecule has 1 heterocycles. The first-order valence-corrected chi connectivity index (χ1v) is 7.92. The summed E-state index contributed by atoms with van der Waals surface area (Å²) in [6.07, 6.45) is 2.67. The van der Waals surface area contributed by atoms with Crippen LogP contribution < -0.4 is 0 Å². The monoisotopic (exact) mass is 235 g/mol. The smallest absolute Gasteiger partial charge is 0.238 e. The lowest BCUT2D eigenvalue weighted by Crippen LogP contribution is -2.16. The molecule has 1 aliphatic rings. The maximum Gasteiger partial charge on any atom is 0.238 e. The molecule has 0 bridgehead atoms. The van der Waals surface area contributed by atoms with Gasteiger partial charge >= 0.3 is 0 Å². The summed E-state index contributed by atoms with van der Waals surface area (Å²) >= 11 is 1.45. The molecule has 0 radical (unpaired) electrons. The van der Waals surface area contributed by atoms with E-state index in [9.17, 15) is 4.79 Å². The normalized spacial score (nSPS) is 17.5. The van der Waals surface area contributed by atoms with Crippen molar-refractivity contribution in [1.29, 1.82) is 0 Å². The van der Waals surface area contributed by atoms with Crippen LogP contribution in [0, 0.1) is 0 Å². The van der Waals surface area contributed by atoms with E-state index >= 15 is 0 Å². The molecule has 0 aliphatic carbocycles. The lowest BCUT2D eigenvalue weighted by Gasteiger charge is -2.01. The van der Waals surface area contributed by atoms with Crippen molar-refractivity contribution in [3.8, 4) is 0 Å². The first kappa shape index (κ1) is 12.4. The van der Waals surface area contributed by atoms with Crippen molar-refractivity contribution in [1.82, 2.24) is 0 Å². The van der Waals surface area contributed by atoms with Gasteiger partial charge in [0.15, 0.2) is 5.75 Å². The quantitative estimate of drug-likeness (QED) is 0.518. The largest absolute Gasteiger partial charge is 0.381 e. The van der Waals surface area contributed by atoms with E-state index in [0.717, 1.165) is 18.1 Å². The third-order valence-corrected chi connectivity index (χ3v) is 5.56. The molecule has 0 saturated carbocycles. The van der Waals surface area contributed by atoms with Gasteiger partial charge in [-0.3, -0.25) is 4.79 Å². The zero-order chi connectivity index (χ0) is 10.2. The Morgan fingerprint density at radius 2 is 2.14 bits per heavy atom. The fraction of sp³-hybridized carbons (Fsp3) is 0.900. The van der Waals surface area contributed by atoms with Crippen molar-refractivity contribution < 1.29 is 9.53 Å². The molecule has 82 valence electrons. The summed E-state index contributed by atoms with van der Waals surface area (Å²) in [6, 6.07) is 0. The molecule has 1 saturated heterocycles. The highest BCUT2D eigenvalue weighted by molar-refractivity contribution is 8.15. The van der Waals surface area contributed by atoms with E-state index in [1.54, 1.807) is 0 Å². The second-order valence-corrected chi connectivity index (χ2v) is 6.77. The maximum atomic E-state index is 11.5. The van der Waals surface area contributed by atoms with Crippen LogP contribution in [0.4, 0.5) is 0 Å². The minimum absolute atomic E-state index is 0.370. The zero-order valence-electron chi connectivity index (χ0n) is 8.79. The van der Waals surface area contributed by atoms with Crippen LogP contribution in [-0.4, -0.2) is 41.3 Å². The maximum absolute atomic E-state index is 11.5. The molecular weight excluding hydrogens is 216 g/mol. The molecule has 1 fully saturated rings. The van der Waals surface area contributed by atoms with E-state index < -0.39 is 0 Å². The predicted molar refractivity (Wildman–Crippen MR) is 65.2 cm³/mol. The molecule has 1 rings (SSSR count). The van der Waals surface area contributed by atoms with Crippen LogP contribution in [0.3, 0.4) is 0 Å². The highest BCUT2D eigenvalue weighted by Gasteiger charge is 2.26. The SMILES string of the molecule is CCOCCSC(=O)C[S+]1CCCC1. The summed E-state index contributed by atoms with van der Waals surface area (Å²) in [4.78, 5) is 11.5. The number of thioether (sulfide) groups is 1. The fourth-order valence-corrected chi connectivity index (χ4v) is 4.74. The molecule has 0 spiro atoms. The predicted octanol–water partition coefficient (Wildman–Crippen LogP) is 1.69. The average molecular weight is 235 g/mol. The van der Waals surface area contributed by atoms with Gasteiger partial charge in [-0.05, 0) is 30.7 Å². The second kappa shape index (κ2) is 7.60. The van der Waals surface area contributed by atoms with Gasteiger partial charge in [-0.25, -0.2) is 0 Å². The third kappa shape index (κ3) is 5.27. The topological polar surface area (TPSA) is 26.3 Å². The van der Waals surface area contributed by atoms with Crippen LogP contribution in [0.1, 0.15) is 19.8 Å². The Labute approximate surface area is 93.5 Å². The van der Waals surface area contributed by atoms with Crippen LogP contribution in [0.5, 0.6) is 0 Å². The van der Waals surface area contributed by atoms with Crippen LogP contribution in [0.2, 0.25) is 0 Å². The van der Waals surface area contributed by atoms with Gasteiger partial charge in [-0.1, -0.05) is 11.8 Å². The molecule has 0 aromatic heterocycles. The minimum atomic E-state index is 0.370. The van der Waals surface area contributed by atoms with E-state index in [2.05, 4.69) is 0 Å². The van der Waals surface area contributed by atoms with Gasteiger partial charge in [0, 0.05) is 12.4 Å². The number of rotatable bonds is 6. The molecule has 2 nitrogen and oxygen atoms in total. The van der Waals surface area contributed by atoms with Crippen molar-refractivity contribution >= 4 is 27.8 Å². The Hall–Kier alpha value is 0.330. The van der Waals surface area contributed by atoms with Crippen molar-refractivity contribution in [2.45, 2.75) is 19.8 Å². The summed E-state index contributed by atoms with van der Waals surface area (Å²) < 4.78 is 5.18. The Bertz CT molecular complexity index is 168.